The van der Waals surface area contributed by atoms with Crippen LogP contribution >= 0.6 is 22.6 Å². The SMILES string of the molecule is CCNC(=O)c1ccc(I)cc1OC(C)C. The van der Waals surface area contributed by atoms with Crippen molar-refractivity contribution in [2.24, 2.45) is 0 Å². The molecule has 0 heterocycles. The molecule has 0 aliphatic carbocycles. The Morgan fingerprint density at radius 3 is 2.75 bits per heavy atom. The molecule has 0 saturated heterocycles. The third kappa shape index (κ3) is 3.66. The Bertz CT molecular complexity index is 377. The summed E-state index contributed by atoms with van der Waals surface area (Å²) in [7, 11) is 0. The third-order valence-electron chi connectivity index (χ3n) is 1.89. The van der Waals surface area contributed by atoms with Gasteiger partial charge in [-0.3, -0.25) is 4.79 Å². The Hall–Kier alpha value is -0.780. The van der Waals surface area contributed by atoms with Gasteiger partial charge in [0, 0.05) is 10.1 Å². The van der Waals surface area contributed by atoms with Gasteiger partial charge in [0.25, 0.3) is 5.91 Å². The van der Waals surface area contributed by atoms with Crippen LogP contribution < -0.4 is 10.1 Å². The smallest absolute Gasteiger partial charge is 0.255 e. The summed E-state index contributed by atoms with van der Waals surface area (Å²) in [6.07, 6.45) is 0.0615. The molecule has 1 amide bonds. The fourth-order valence-electron chi connectivity index (χ4n) is 1.29. The summed E-state index contributed by atoms with van der Waals surface area (Å²) in [6.45, 7) is 6.41. The summed E-state index contributed by atoms with van der Waals surface area (Å²) in [5.41, 5.74) is 0.593. The number of rotatable bonds is 4. The van der Waals surface area contributed by atoms with E-state index in [1.54, 1.807) is 6.07 Å². The van der Waals surface area contributed by atoms with Gasteiger partial charge in [-0.2, -0.15) is 0 Å². The molecule has 1 aromatic rings. The van der Waals surface area contributed by atoms with Gasteiger partial charge >= 0.3 is 0 Å². The van der Waals surface area contributed by atoms with Crippen LogP contribution in [0.3, 0.4) is 0 Å². The van der Waals surface area contributed by atoms with Crippen molar-refractivity contribution >= 4 is 28.5 Å². The Morgan fingerprint density at radius 2 is 2.19 bits per heavy atom. The highest BCUT2D eigenvalue weighted by Crippen LogP contribution is 2.22. The summed E-state index contributed by atoms with van der Waals surface area (Å²) in [6, 6.07) is 5.58. The fraction of sp³-hybridized carbons (Fsp3) is 0.417. The van der Waals surface area contributed by atoms with Crippen molar-refractivity contribution in [1.29, 1.82) is 0 Å². The van der Waals surface area contributed by atoms with Gasteiger partial charge in [0.15, 0.2) is 0 Å². The molecule has 0 radical (unpaired) electrons. The van der Waals surface area contributed by atoms with Gasteiger partial charge in [0.05, 0.1) is 11.7 Å². The second-order valence-electron chi connectivity index (χ2n) is 3.67. The number of carbonyl (C=O) groups excluding carboxylic acids is 1. The molecule has 4 heteroatoms. The second-order valence-corrected chi connectivity index (χ2v) is 4.91. The maximum absolute atomic E-state index is 11.8. The van der Waals surface area contributed by atoms with Crippen molar-refractivity contribution in [1.82, 2.24) is 5.32 Å². The lowest BCUT2D eigenvalue weighted by molar-refractivity contribution is 0.0950. The molecule has 1 N–H and O–H groups in total. The Morgan fingerprint density at radius 1 is 1.50 bits per heavy atom. The number of nitrogens with one attached hydrogen (secondary N) is 1. The van der Waals surface area contributed by atoms with Gasteiger partial charge in [0.2, 0.25) is 0 Å². The first-order valence-electron chi connectivity index (χ1n) is 5.29. The van der Waals surface area contributed by atoms with E-state index in [4.69, 9.17) is 4.74 Å². The van der Waals surface area contributed by atoms with Crippen molar-refractivity contribution in [3.8, 4) is 5.75 Å². The molecule has 1 rings (SSSR count). The molecule has 1 aromatic carbocycles. The average Bonchev–Trinajstić information content (AvgIpc) is 2.16. The standard InChI is InChI=1S/C12H16INO2/c1-4-14-12(15)10-6-5-9(13)7-11(10)16-8(2)3/h5-8H,4H2,1-3H3,(H,14,15). The lowest BCUT2D eigenvalue weighted by atomic mass is 10.2. The van der Waals surface area contributed by atoms with Crippen LogP contribution in [0.1, 0.15) is 31.1 Å². The van der Waals surface area contributed by atoms with E-state index < -0.39 is 0 Å². The van der Waals surface area contributed by atoms with Crippen LogP contribution in [0, 0.1) is 3.57 Å². The third-order valence-corrected chi connectivity index (χ3v) is 2.56. The summed E-state index contributed by atoms with van der Waals surface area (Å²) < 4.78 is 6.68. The minimum atomic E-state index is -0.0884. The number of halogens is 1. The molecule has 0 bridgehead atoms. The van der Waals surface area contributed by atoms with Gasteiger partial charge in [-0.15, -0.1) is 0 Å². The lowest BCUT2D eigenvalue weighted by Crippen LogP contribution is -2.24. The molecule has 0 aromatic heterocycles. The number of ether oxygens (including phenoxy) is 1. The van der Waals surface area contributed by atoms with E-state index in [1.165, 1.54) is 0 Å². The largest absolute Gasteiger partial charge is 0.490 e. The molecule has 0 saturated carbocycles. The van der Waals surface area contributed by atoms with E-state index in [2.05, 4.69) is 27.9 Å². The number of amides is 1. The van der Waals surface area contributed by atoms with Crippen LogP contribution in [0.4, 0.5) is 0 Å². The molecular formula is C12H16INO2. The highest BCUT2D eigenvalue weighted by molar-refractivity contribution is 14.1. The molecule has 0 aliphatic rings. The van der Waals surface area contributed by atoms with Gasteiger partial charge in [0.1, 0.15) is 5.75 Å². The van der Waals surface area contributed by atoms with Crippen LogP contribution in [0.15, 0.2) is 18.2 Å². The van der Waals surface area contributed by atoms with E-state index in [0.717, 1.165) is 3.57 Å². The first kappa shape index (κ1) is 13.3. The van der Waals surface area contributed by atoms with Gasteiger partial charge in [-0.05, 0) is 61.6 Å². The van der Waals surface area contributed by atoms with Crippen molar-refractivity contribution in [3.63, 3.8) is 0 Å². The summed E-state index contributed by atoms with van der Waals surface area (Å²) in [5, 5.41) is 2.77. The van der Waals surface area contributed by atoms with Crippen LogP contribution in [0.5, 0.6) is 5.75 Å². The zero-order chi connectivity index (χ0) is 12.1. The first-order chi connectivity index (χ1) is 7.54. The normalized spacial score (nSPS) is 10.3. The minimum Gasteiger partial charge on any atom is -0.490 e. The molecule has 0 spiro atoms. The van der Waals surface area contributed by atoms with Crippen molar-refractivity contribution in [2.75, 3.05) is 6.54 Å². The van der Waals surface area contributed by atoms with Gasteiger partial charge in [-0.1, -0.05) is 0 Å². The van der Waals surface area contributed by atoms with Gasteiger partial charge in [-0.25, -0.2) is 0 Å². The Balaban J connectivity index is 3.02. The van der Waals surface area contributed by atoms with E-state index in [9.17, 15) is 4.79 Å². The van der Waals surface area contributed by atoms with E-state index in [0.29, 0.717) is 17.9 Å². The number of carbonyl (C=O) groups is 1. The van der Waals surface area contributed by atoms with E-state index >= 15 is 0 Å². The molecule has 3 nitrogen and oxygen atoms in total. The fourth-order valence-corrected chi connectivity index (χ4v) is 1.75. The quantitative estimate of drug-likeness (QED) is 0.861. The van der Waals surface area contributed by atoms with Crippen molar-refractivity contribution in [3.05, 3.63) is 27.3 Å². The van der Waals surface area contributed by atoms with Crippen LogP contribution in [0.2, 0.25) is 0 Å². The van der Waals surface area contributed by atoms with Gasteiger partial charge < -0.3 is 10.1 Å². The monoisotopic (exact) mass is 333 g/mol. The second kappa shape index (κ2) is 6.08. The molecule has 0 unspecified atom stereocenters. The predicted molar refractivity (Wildman–Crippen MR) is 72.9 cm³/mol. The maximum Gasteiger partial charge on any atom is 0.255 e. The van der Waals surface area contributed by atoms with E-state index in [-0.39, 0.29) is 12.0 Å². The molecular weight excluding hydrogens is 317 g/mol. The predicted octanol–water partition coefficient (Wildman–Crippen LogP) is 2.83. The first-order valence-corrected chi connectivity index (χ1v) is 6.37. The topological polar surface area (TPSA) is 38.3 Å². The lowest BCUT2D eigenvalue weighted by Gasteiger charge is -2.14. The number of hydrogen-bond acceptors (Lipinski definition) is 2. The molecule has 0 aliphatic heterocycles. The Kier molecular flexibility index (Phi) is 5.05. The van der Waals surface area contributed by atoms with E-state index in [1.807, 2.05) is 32.9 Å². The summed E-state index contributed by atoms with van der Waals surface area (Å²) in [5.74, 6) is 0.558. The minimum absolute atomic E-state index is 0.0615. The average molecular weight is 333 g/mol. The van der Waals surface area contributed by atoms with Crippen LogP contribution in [-0.2, 0) is 0 Å². The molecule has 0 atom stereocenters. The molecule has 16 heavy (non-hydrogen) atoms. The zero-order valence-corrected chi connectivity index (χ0v) is 11.9. The maximum atomic E-state index is 11.8. The molecule has 88 valence electrons. The highest BCUT2D eigenvalue weighted by Gasteiger charge is 2.13. The Labute approximate surface area is 110 Å². The highest BCUT2D eigenvalue weighted by atomic mass is 127. The zero-order valence-electron chi connectivity index (χ0n) is 9.71. The van der Waals surface area contributed by atoms with Crippen LogP contribution in [0.25, 0.3) is 0 Å². The molecule has 0 fully saturated rings. The summed E-state index contributed by atoms with van der Waals surface area (Å²) >= 11 is 2.20. The number of hydrogen-bond donors (Lipinski definition) is 1. The summed E-state index contributed by atoms with van der Waals surface area (Å²) in [4.78, 5) is 11.8. The number of benzene rings is 1. The van der Waals surface area contributed by atoms with Crippen molar-refractivity contribution < 1.29 is 9.53 Å². The van der Waals surface area contributed by atoms with Crippen LogP contribution in [-0.4, -0.2) is 18.6 Å². The van der Waals surface area contributed by atoms with Crippen molar-refractivity contribution in [2.45, 2.75) is 26.9 Å².